The summed E-state index contributed by atoms with van der Waals surface area (Å²) in [7, 11) is 0. The molecule has 0 saturated carbocycles. The van der Waals surface area contributed by atoms with Crippen molar-refractivity contribution < 1.29 is 9.90 Å². The van der Waals surface area contributed by atoms with Gasteiger partial charge in [-0.15, -0.1) is 11.3 Å². The summed E-state index contributed by atoms with van der Waals surface area (Å²) in [6, 6.07) is 20.7. The van der Waals surface area contributed by atoms with Crippen molar-refractivity contribution in [2.45, 2.75) is 6.54 Å². The van der Waals surface area contributed by atoms with Crippen LogP contribution in [0.4, 0.5) is 0 Å². The van der Waals surface area contributed by atoms with E-state index >= 15 is 0 Å². The van der Waals surface area contributed by atoms with Crippen LogP contribution in [-0.2, 0) is 6.54 Å². The molecule has 5 nitrogen and oxygen atoms in total. The molecule has 0 bridgehead atoms. The van der Waals surface area contributed by atoms with Gasteiger partial charge in [-0.1, -0.05) is 42.5 Å². The number of nitrogens with zero attached hydrogens (tertiary/aromatic N) is 2. The number of hydrazone groups is 1. The number of carbonyl (C=O) groups excluding carboxylic acids is 1. The van der Waals surface area contributed by atoms with Crippen LogP contribution >= 0.6 is 11.3 Å². The first-order valence-corrected chi connectivity index (χ1v) is 9.32. The van der Waals surface area contributed by atoms with Gasteiger partial charge in [0.1, 0.15) is 11.4 Å². The van der Waals surface area contributed by atoms with Gasteiger partial charge in [0.2, 0.25) is 0 Å². The lowest BCUT2D eigenvalue weighted by atomic mass is 10.2. The first-order chi connectivity index (χ1) is 13.2. The number of carbonyl (C=O) groups is 1. The summed E-state index contributed by atoms with van der Waals surface area (Å²) in [6.07, 6.45) is 1.43. The van der Waals surface area contributed by atoms with Crippen LogP contribution in [0.2, 0.25) is 0 Å². The van der Waals surface area contributed by atoms with Gasteiger partial charge in [0.25, 0.3) is 5.91 Å². The molecule has 4 aromatic rings. The zero-order chi connectivity index (χ0) is 18.6. The molecule has 2 heterocycles. The summed E-state index contributed by atoms with van der Waals surface area (Å²) < 4.78 is 3.05. The fraction of sp³-hybridized carbons (Fsp3) is 0.0476. The van der Waals surface area contributed by atoms with Gasteiger partial charge in [0.15, 0.2) is 0 Å². The molecule has 27 heavy (non-hydrogen) atoms. The van der Waals surface area contributed by atoms with E-state index in [0.29, 0.717) is 17.8 Å². The molecule has 0 unspecified atom stereocenters. The second-order valence-corrected chi connectivity index (χ2v) is 6.98. The van der Waals surface area contributed by atoms with E-state index in [1.165, 1.54) is 6.21 Å². The summed E-state index contributed by atoms with van der Waals surface area (Å²) in [6.45, 7) is 0.604. The normalized spacial score (nSPS) is 11.3. The van der Waals surface area contributed by atoms with Crippen LogP contribution in [0.15, 0.2) is 77.2 Å². The van der Waals surface area contributed by atoms with Crippen LogP contribution in [-0.4, -0.2) is 21.8 Å². The Balaban J connectivity index is 1.59. The molecule has 6 heteroatoms. The largest absolute Gasteiger partial charge is 0.507 e. The van der Waals surface area contributed by atoms with Gasteiger partial charge in [-0.2, -0.15) is 5.10 Å². The monoisotopic (exact) mass is 375 g/mol. The van der Waals surface area contributed by atoms with Gasteiger partial charge in [-0.05, 0) is 35.2 Å². The van der Waals surface area contributed by atoms with E-state index in [1.54, 1.807) is 35.6 Å². The highest BCUT2D eigenvalue weighted by molar-refractivity contribution is 7.17. The first-order valence-electron chi connectivity index (χ1n) is 8.44. The van der Waals surface area contributed by atoms with Crippen LogP contribution in [0.1, 0.15) is 21.6 Å². The lowest BCUT2D eigenvalue weighted by molar-refractivity contribution is 0.0946. The second-order valence-electron chi connectivity index (χ2n) is 6.03. The summed E-state index contributed by atoms with van der Waals surface area (Å²) in [5.74, 6) is -0.176. The number of aromatic hydroxyl groups is 1. The predicted molar refractivity (Wildman–Crippen MR) is 109 cm³/mol. The number of benzene rings is 2. The van der Waals surface area contributed by atoms with Gasteiger partial charge < -0.3 is 9.67 Å². The number of phenolic OH excluding ortho intramolecular Hbond substituents is 1. The third-order valence-electron chi connectivity index (χ3n) is 4.25. The second kappa shape index (κ2) is 7.47. The van der Waals surface area contributed by atoms with E-state index in [-0.39, 0.29) is 11.7 Å². The maximum Gasteiger partial charge on any atom is 0.288 e. The van der Waals surface area contributed by atoms with E-state index < -0.39 is 0 Å². The Bertz CT molecular complexity index is 1110. The van der Waals surface area contributed by atoms with Gasteiger partial charge in [0, 0.05) is 12.1 Å². The molecule has 2 aromatic heterocycles. The summed E-state index contributed by atoms with van der Waals surface area (Å²) >= 11 is 1.60. The van der Waals surface area contributed by atoms with Crippen LogP contribution in [0.25, 0.3) is 10.2 Å². The minimum Gasteiger partial charge on any atom is -0.507 e. The molecular weight excluding hydrogens is 358 g/mol. The molecule has 0 spiro atoms. The Morgan fingerprint density at radius 1 is 1.11 bits per heavy atom. The number of amides is 1. The van der Waals surface area contributed by atoms with Gasteiger partial charge >= 0.3 is 0 Å². The van der Waals surface area contributed by atoms with Crippen molar-refractivity contribution in [3.8, 4) is 5.75 Å². The smallest absolute Gasteiger partial charge is 0.288 e. The average Bonchev–Trinajstić information content (AvgIpc) is 3.27. The van der Waals surface area contributed by atoms with Crippen LogP contribution in [0, 0.1) is 0 Å². The highest BCUT2D eigenvalue weighted by Crippen LogP contribution is 2.26. The van der Waals surface area contributed by atoms with E-state index in [9.17, 15) is 9.90 Å². The lowest BCUT2D eigenvalue weighted by Crippen LogP contribution is -2.21. The third-order valence-corrected chi connectivity index (χ3v) is 5.10. The zero-order valence-corrected chi connectivity index (χ0v) is 15.2. The minimum atomic E-state index is -0.291. The summed E-state index contributed by atoms with van der Waals surface area (Å²) in [5.41, 5.74) is 5.79. The van der Waals surface area contributed by atoms with Crippen molar-refractivity contribution in [1.29, 1.82) is 0 Å². The van der Waals surface area contributed by atoms with Crippen molar-refractivity contribution in [3.63, 3.8) is 0 Å². The molecule has 0 atom stereocenters. The molecule has 2 N–H and O–H groups in total. The zero-order valence-electron chi connectivity index (χ0n) is 14.4. The quantitative estimate of drug-likeness (QED) is 0.405. The minimum absolute atomic E-state index is 0.114. The maximum absolute atomic E-state index is 12.7. The number of hydrogen-bond acceptors (Lipinski definition) is 4. The van der Waals surface area contributed by atoms with E-state index in [4.69, 9.17) is 0 Å². The predicted octanol–water partition coefficient (Wildman–Crippen LogP) is 4.22. The van der Waals surface area contributed by atoms with Gasteiger partial charge in [-0.25, -0.2) is 5.43 Å². The number of para-hydroxylation sites is 1. The standard InChI is InChI=1S/C21H17N3O2S/c25-19-9-5-4-8-16(19)13-22-23-21(26)18-12-20-17(10-11-27-20)24(18)14-15-6-2-1-3-7-15/h1-13,25H,14H2,(H,23,26)/b22-13+. The highest BCUT2D eigenvalue weighted by atomic mass is 32.1. The number of aromatic nitrogens is 1. The SMILES string of the molecule is O=C(N/N=C/c1ccccc1O)c1cc2sccc2n1Cc1ccccc1. The van der Waals surface area contributed by atoms with Crippen molar-refractivity contribution >= 4 is 33.7 Å². The number of thiophene rings is 1. The van der Waals surface area contributed by atoms with Crippen molar-refractivity contribution in [3.05, 3.63) is 88.9 Å². The Morgan fingerprint density at radius 2 is 1.89 bits per heavy atom. The summed E-state index contributed by atoms with van der Waals surface area (Å²) in [5, 5.41) is 15.8. The van der Waals surface area contributed by atoms with Gasteiger partial charge in [-0.3, -0.25) is 4.79 Å². The number of nitrogens with one attached hydrogen (secondary N) is 1. The average molecular weight is 375 g/mol. The van der Waals surface area contributed by atoms with Crippen LogP contribution in [0.5, 0.6) is 5.75 Å². The Kier molecular flexibility index (Phi) is 4.72. The highest BCUT2D eigenvalue weighted by Gasteiger charge is 2.16. The Morgan fingerprint density at radius 3 is 2.70 bits per heavy atom. The van der Waals surface area contributed by atoms with E-state index in [2.05, 4.69) is 10.5 Å². The third kappa shape index (κ3) is 3.61. The van der Waals surface area contributed by atoms with Crippen molar-refractivity contribution in [2.24, 2.45) is 5.10 Å². The summed E-state index contributed by atoms with van der Waals surface area (Å²) in [4.78, 5) is 12.7. The van der Waals surface area contributed by atoms with Crippen molar-refractivity contribution in [2.75, 3.05) is 0 Å². The van der Waals surface area contributed by atoms with Crippen LogP contribution in [0.3, 0.4) is 0 Å². The number of fused-ring (bicyclic) bond motifs is 1. The molecule has 0 aliphatic carbocycles. The van der Waals surface area contributed by atoms with Crippen molar-refractivity contribution in [1.82, 2.24) is 9.99 Å². The van der Waals surface area contributed by atoms with Gasteiger partial charge in [0.05, 0.1) is 16.4 Å². The molecule has 0 radical (unpaired) electrons. The molecule has 2 aromatic carbocycles. The molecule has 0 aliphatic rings. The molecular formula is C21H17N3O2S. The van der Waals surface area contributed by atoms with E-state index in [0.717, 1.165) is 15.8 Å². The maximum atomic E-state index is 12.7. The van der Waals surface area contributed by atoms with Crippen LogP contribution < -0.4 is 5.43 Å². The lowest BCUT2D eigenvalue weighted by Gasteiger charge is -2.09. The molecule has 4 rings (SSSR count). The topological polar surface area (TPSA) is 66.6 Å². The van der Waals surface area contributed by atoms with E-state index in [1.807, 2.05) is 52.4 Å². The molecule has 0 aliphatic heterocycles. The molecule has 0 fully saturated rings. The number of phenols is 1. The Labute approximate surface area is 160 Å². The Hall–Kier alpha value is -3.38. The fourth-order valence-electron chi connectivity index (χ4n) is 2.92. The number of rotatable bonds is 5. The molecule has 0 saturated heterocycles. The number of hydrogen-bond donors (Lipinski definition) is 2. The fourth-order valence-corrected chi connectivity index (χ4v) is 3.74. The first kappa shape index (κ1) is 17.1. The molecule has 1 amide bonds. The molecule has 134 valence electrons.